The number of alkyl halides is 4. The van der Waals surface area contributed by atoms with Gasteiger partial charge in [0.05, 0.1) is 6.61 Å². The zero-order chi connectivity index (χ0) is 9.83. The third-order valence-electron chi connectivity index (χ3n) is 0.978. The highest BCUT2D eigenvalue weighted by Crippen LogP contribution is 2.35. The monoisotopic (exact) mass is 188 g/mol. The molecule has 6 heteroatoms. The van der Waals surface area contributed by atoms with Crippen LogP contribution in [0.25, 0.3) is 0 Å². The number of rotatable bonds is 5. The van der Waals surface area contributed by atoms with Crippen molar-refractivity contribution in [1.82, 2.24) is 0 Å². The first-order chi connectivity index (χ1) is 5.37. The summed E-state index contributed by atoms with van der Waals surface area (Å²) < 4.78 is 55.5. The van der Waals surface area contributed by atoms with E-state index in [-0.39, 0.29) is 0 Å². The smallest absolute Gasteiger partial charge is 0.317 e. The van der Waals surface area contributed by atoms with E-state index >= 15 is 0 Å². The van der Waals surface area contributed by atoms with Crippen LogP contribution in [0.15, 0.2) is 12.7 Å². The van der Waals surface area contributed by atoms with Crippen molar-refractivity contribution in [2.24, 2.45) is 0 Å². The summed E-state index contributed by atoms with van der Waals surface area (Å²) in [6.45, 7) is 2.35. The average molecular weight is 188 g/mol. The predicted molar refractivity (Wildman–Crippen MR) is 33.1 cm³/mol. The van der Waals surface area contributed by atoms with Gasteiger partial charge in [-0.15, -0.1) is 6.58 Å². The first kappa shape index (κ1) is 11.4. The number of hydrogen-bond acceptors (Lipinski definition) is 2. The molecule has 0 saturated heterocycles. The molecule has 0 bridgehead atoms. The van der Waals surface area contributed by atoms with Gasteiger partial charge in [-0.05, 0) is 0 Å². The van der Waals surface area contributed by atoms with Crippen LogP contribution in [0.3, 0.4) is 0 Å². The van der Waals surface area contributed by atoms with Crippen molar-refractivity contribution in [2.45, 2.75) is 12.2 Å². The molecule has 0 aromatic heterocycles. The van der Waals surface area contributed by atoms with E-state index in [0.717, 1.165) is 6.08 Å². The summed E-state index contributed by atoms with van der Waals surface area (Å²) in [6.07, 6.45) is -8.31. The summed E-state index contributed by atoms with van der Waals surface area (Å²) in [5.74, 6) is 0. The minimum absolute atomic E-state index is 0.463. The van der Waals surface area contributed by atoms with E-state index in [1.165, 1.54) is 0 Å². The lowest BCUT2D eigenvalue weighted by Gasteiger charge is -2.23. The molecule has 72 valence electrons. The summed E-state index contributed by atoms with van der Waals surface area (Å²) in [6, 6.07) is 0. The quantitative estimate of drug-likeness (QED) is 0.485. The lowest BCUT2D eigenvalue weighted by atomic mass is 10.5. The van der Waals surface area contributed by atoms with Crippen molar-refractivity contribution in [2.75, 3.05) is 13.7 Å². The SMILES string of the molecule is C=CCOC(F)(F)C(F)(F)OC. The Balaban J connectivity index is 4.26. The fourth-order valence-electron chi connectivity index (χ4n) is 0.366. The van der Waals surface area contributed by atoms with Gasteiger partial charge in [-0.3, -0.25) is 0 Å². The summed E-state index contributed by atoms with van der Waals surface area (Å²) in [5, 5.41) is 0. The first-order valence-electron chi connectivity index (χ1n) is 2.93. The zero-order valence-corrected chi connectivity index (χ0v) is 6.32. The molecule has 0 fully saturated rings. The average Bonchev–Trinajstić information content (AvgIpc) is 2.00. The molecule has 0 aromatic carbocycles. The van der Waals surface area contributed by atoms with Gasteiger partial charge in [0.25, 0.3) is 0 Å². The van der Waals surface area contributed by atoms with Crippen molar-refractivity contribution < 1.29 is 27.0 Å². The second kappa shape index (κ2) is 3.86. The normalized spacial score (nSPS) is 13.1. The Morgan fingerprint density at radius 2 is 1.75 bits per heavy atom. The van der Waals surface area contributed by atoms with Crippen molar-refractivity contribution >= 4 is 0 Å². The van der Waals surface area contributed by atoms with Crippen molar-refractivity contribution in [3.8, 4) is 0 Å². The Morgan fingerprint density at radius 1 is 1.25 bits per heavy atom. The summed E-state index contributed by atoms with van der Waals surface area (Å²) >= 11 is 0. The van der Waals surface area contributed by atoms with Gasteiger partial charge >= 0.3 is 12.2 Å². The first-order valence-corrected chi connectivity index (χ1v) is 2.93. The van der Waals surface area contributed by atoms with Gasteiger partial charge in [-0.25, -0.2) is 0 Å². The Hall–Kier alpha value is -0.620. The predicted octanol–water partition coefficient (Wildman–Crippen LogP) is 2.02. The van der Waals surface area contributed by atoms with Gasteiger partial charge in [0.15, 0.2) is 0 Å². The summed E-state index contributed by atoms with van der Waals surface area (Å²) in [4.78, 5) is 0. The van der Waals surface area contributed by atoms with Crippen LogP contribution in [-0.4, -0.2) is 25.9 Å². The standard InChI is InChI=1S/C6H8F4O2/c1-3-4-12-6(9,10)5(7,8)11-2/h3H,1,4H2,2H3. The Kier molecular flexibility index (Phi) is 3.66. The molecule has 0 aliphatic carbocycles. The number of ether oxygens (including phenoxy) is 2. The van der Waals surface area contributed by atoms with Crippen LogP contribution in [-0.2, 0) is 9.47 Å². The van der Waals surface area contributed by atoms with E-state index in [0.29, 0.717) is 7.11 Å². The van der Waals surface area contributed by atoms with E-state index in [1.54, 1.807) is 0 Å². The molecule has 0 heterocycles. The molecule has 2 nitrogen and oxygen atoms in total. The summed E-state index contributed by atoms with van der Waals surface area (Å²) in [5.41, 5.74) is 0. The Bertz CT molecular complexity index is 158. The van der Waals surface area contributed by atoms with Crippen LogP contribution in [0.5, 0.6) is 0 Å². The molecule has 0 aliphatic rings. The molecule has 0 saturated carbocycles. The van der Waals surface area contributed by atoms with Gasteiger partial charge in [0.2, 0.25) is 0 Å². The minimum atomic E-state index is -4.63. The van der Waals surface area contributed by atoms with Crippen molar-refractivity contribution in [1.29, 1.82) is 0 Å². The highest BCUT2D eigenvalue weighted by Gasteiger charge is 2.59. The number of hydrogen-bond donors (Lipinski definition) is 0. The molecule has 12 heavy (non-hydrogen) atoms. The molecule has 0 spiro atoms. The molecular weight excluding hydrogens is 180 g/mol. The highest BCUT2D eigenvalue weighted by atomic mass is 19.3. The second-order valence-corrected chi connectivity index (χ2v) is 1.84. The highest BCUT2D eigenvalue weighted by molar-refractivity contribution is 4.70. The van der Waals surface area contributed by atoms with Crippen LogP contribution >= 0.6 is 0 Å². The van der Waals surface area contributed by atoms with E-state index < -0.39 is 18.8 Å². The molecule has 0 amide bonds. The Labute approximate surface area is 66.8 Å². The maximum atomic E-state index is 12.2. The van der Waals surface area contributed by atoms with E-state index in [9.17, 15) is 17.6 Å². The Morgan fingerprint density at radius 3 is 2.08 bits per heavy atom. The van der Waals surface area contributed by atoms with E-state index in [1.807, 2.05) is 0 Å². The molecular formula is C6H8F4O2. The lowest BCUT2D eigenvalue weighted by Crippen LogP contribution is -2.44. The molecule has 0 unspecified atom stereocenters. The maximum Gasteiger partial charge on any atom is 0.448 e. The molecule has 0 aliphatic heterocycles. The summed E-state index contributed by atoms with van der Waals surface area (Å²) in [7, 11) is 0.463. The van der Waals surface area contributed by atoms with Crippen LogP contribution in [0, 0.1) is 0 Å². The van der Waals surface area contributed by atoms with Crippen LogP contribution in [0.4, 0.5) is 17.6 Å². The van der Waals surface area contributed by atoms with Crippen LogP contribution in [0.2, 0.25) is 0 Å². The fourth-order valence-corrected chi connectivity index (χ4v) is 0.366. The third-order valence-corrected chi connectivity index (χ3v) is 0.978. The molecule has 0 atom stereocenters. The second-order valence-electron chi connectivity index (χ2n) is 1.84. The third kappa shape index (κ3) is 2.46. The van der Waals surface area contributed by atoms with Crippen molar-refractivity contribution in [3.05, 3.63) is 12.7 Å². The minimum Gasteiger partial charge on any atom is -0.317 e. The molecule has 0 N–H and O–H groups in total. The largest absolute Gasteiger partial charge is 0.448 e. The van der Waals surface area contributed by atoms with E-state index in [2.05, 4.69) is 16.1 Å². The molecule has 0 radical (unpaired) electrons. The van der Waals surface area contributed by atoms with Crippen molar-refractivity contribution in [3.63, 3.8) is 0 Å². The van der Waals surface area contributed by atoms with E-state index in [4.69, 9.17) is 0 Å². The number of halogens is 4. The maximum absolute atomic E-state index is 12.2. The molecule has 0 aromatic rings. The van der Waals surface area contributed by atoms with Crippen LogP contribution in [0.1, 0.15) is 0 Å². The van der Waals surface area contributed by atoms with Gasteiger partial charge < -0.3 is 9.47 Å². The lowest BCUT2D eigenvalue weighted by molar-refractivity contribution is -0.422. The van der Waals surface area contributed by atoms with Gasteiger partial charge in [-0.1, -0.05) is 6.08 Å². The van der Waals surface area contributed by atoms with Gasteiger partial charge in [0.1, 0.15) is 0 Å². The molecule has 0 rings (SSSR count). The number of methoxy groups -OCH3 is 1. The fraction of sp³-hybridized carbons (Fsp3) is 0.667. The topological polar surface area (TPSA) is 18.5 Å². The zero-order valence-electron chi connectivity index (χ0n) is 6.32. The van der Waals surface area contributed by atoms with Gasteiger partial charge in [0, 0.05) is 7.11 Å². The van der Waals surface area contributed by atoms with Gasteiger partial charge in [-0.2, -0.15) is 17.6 Å². The van der Waals surface area contributed by atoms with Crippen LogP contribution < -0.4 is 0 Å².